The molecule has 1 unspecified atom stereocenters. The number of alkyl halides is 1. The molecule has 0 saturated carbocycles. The van der Waals surface area contributed by atoms with Gasteiger partial charge in [-0.15, -0.1) is 12.4 Å². The maximum absolute atomic E-state index is 13.8. The Morgan fingerprint density at radius 2 is 2.05 bits per heavy atom. The molecule has 4 nitrogen and oxygen atoms in total. The van der Waals surface area contributed by atoms with E-state index in [0.717, 1.165) is 0 Å². The lowest BCUT2D eigenvalue weighted by Gasteiger charge is -2.18. The van der Waals surface area contributed by atoms with Crippen molar-refractivity contribution in [3.63, 3.8) is 0 Å². The van der Waals surface area contributed by atoms with Gasteiger partial charge in [0.1, 0.15) is 0 Å². The molecule has 0 saturated heterocycles. The second-order valence-corrected chi connectivity index (χ2v) is 5.34. The summed E-state index contributed by atoms with van der Waals surface area (Å²) < 4.78 is 19.7. The largest absolute Gasteiger partial charge is 0.464 e. The van der Waals surface area contributed by atoms with Crippen LogP contribution in [-0.2, 0) is 9.53 Å². The molecule has 0 aliphatic carbocycles. The minimum absolute atomic E-state index is 0. The fraction of sp³-hybridized carbons (Fsp3) is 0.364. The first kappa shape index (κ1) is 18.6. The van der Waals surface area contributed by atoms with Gasteiger partial charge in [0.05, 0.1) is 18.3 Å². The zero-order valence-electron chi connectivity index (χ0n) is 10.0. The molecule has 2 atom stereocenters. The molecule has 0 aliphatic heterocycles. The van der Waals surface area contributed by atoms with Crippen molar-refractivity contribution in [3.05, 3.63) is 26.6 Å². The van der Waals surface area contributed by atoms with E-state index in [-0.39, 0.29) is 19.0 Å². The van der Waals surface area contributed by atoms with Crippen molar-refractivity contribution in [2.24, 2.45) is 5.73 Å². The van der Waals surface area contributed by atoms with Gasteiger partial charge >= 0.3 is 5.97 Å². The van der Waals surface area contributed by atoms with Crippen LogP contribution in [0.15, 0.2) is 21.1 Å². The summed E-state index contributed by atoms with van der Waals surface area (Å²) in [6, 6.07) is 2.12. The van der Waals surface area contributed by atoms with E-state index in [4.69, 9.17) is 11.5 Å². The van der Waals surface area contributed by atoms with E-state index in [1.807, 2.05) is 0 Å². The molecule has 0 radical (unpaired) electrons. The molecule has 1 aromatic rings. The van der Waals surface area contributed by atoms with Crippen molar-refractivity contribution in [1.82, 2.24) is 0 Å². The molecule has 1 aromatic carbocycles. The highest BCUT2D eigenvalue weighted by Crippen LogP contribution is 2.33. The molecule has 0 amide bonds. The molecule has 0 fully saturated rings. The third kappa shape index (κ3) is 4.59. The third-order valence-electron chi connectivity index (χ3n) is 2.31. The van der Waals surface area contributed by atoms with Crippen molar-refractivity contribution < 1.29 is 13.9 Å². The highest BCUT2D eigenvalue weighted by molar-refractivity contribution is 9.11. The van der Waals surface area contributed by atoms with Crippen LogP contribution < -0.4 is 11.5 Å². The second-order valence-electron chi connectivity index (χ2n) is 3.57. The van der Waals surface area contributed by atoms with Gasteiger partial charge in [0.15, 0.2) is 0 Å². The monoisotopic (exact) mass is 418 g/mol. The number of nitrogens with two attached hydrogens (primary N) is 2. The normalized spacial score (nSPS) is 13.3. The summed E-state index contributed by atoms with van der Waals surface area (Å²) in [5.41, 5.74) is 12.2. The molecule has 0 aliphatic rings. The van der Waals surface area contributed by atoms with Crippen LogP contribution in [-0.4, -0.2) is 18.7 Å². The van der Waals surface area contributed by atoms with Crippen molar-refractivity contribution in [2.45, 2.75) is 19.1 Å². The number of carbonyl (C=O) groups excluding carboxylic acids is 1. The Balaban J connectivity index is 0.00000324. The quantitative estimate of drug-likeness (QED) is 0.580. The Morgan fingerprint density at radius 1 is 1.47 bits per heavy atom. The fourth-order valence-corrected chi connectivity index (χ4v) is 2.66. The van der Waals surface area contributed by atoms with Gasteiger partial charge in [0.25, 0.3) is 0 Å². The summed E-state index contributed by atoms with van der Waals surface area (Å²) in [4.78, 5) is 11.3. The predicted octanol–water partition coefficient (Wildman–Crippen LogP) is 3.12. The SMILES string of the molecule is CCOC(=O)C(F)[C@H](N)c1cc(Br)cc(Br)c1N.Cl. The van der Waals surface area contributed by atoms with Crippen molar-refractivity contribution >= 4 is 55.9 Å². The molecule has 0 bridgehead atoms. The summed E-state index contributed by atoms with van der Waals surface area (Å²) in [7, 11) is 0. The molecule has 1 rings (SSSR count). The number of rotatable bonds is 4. The van der Waals surface area contributed by atoms with Crippen molar-refractivity contribution in [1.29, 1.82) is 0 Å². The molecule has 19 heavy (non-hydrogen) atoms. The fourth-order valence-electron chi connectivity index (χ4n) is 1.41. The number of halogens is 4. The van der Waals surface area contributed by atoms with Gasteiger partial charge in [-0.2, -0.15) is 0 Å². The average Bonchev–Trinajstić information content (AvgIpc) is 2.32. The van der Waals surface area contributed by atoms with Crippen LogP contribution >= 0.6 is 44.3 Å². The first-order valence-electron chi connectivity index (χ1n) is 5.19. The van der Waals surface area contributed by atoms with E-state index in [1.165, 1.54) is 0 Å². The van der Waals surface area contributed by atoms with Crippen LogP contribution in [0.25, 0.3) is 0 Å². The van der Waals surface area contributed by atoms with Crippen LogP contribution in [0.2, 0.25) is 0 Å². The maximum Gasteiger partial charge on any atom is 0.342 e. The minimum atomic E-state index is -1.95. The van der Waals surface area contributed by atoms with E-state index in [0.29, 0.717) is 20.2 Å². The number of carbonyl (C=O) groups is 1. The van der Waals surface area contributed by atoms with E-state index in [2.05, 4.69) is 36.6 Å². The highest BCUT2D eigenvalue weighted by Gasteiger charge is 2.29. The Labute approximate surface area is 133 Å². The van der Waals surface area contributed by atoms with Gasteiger partial charge in [0, 0.05) is 8.95 Å². The molecule has 0 heterocycles. The minimum Gasteiger partial charge on any atom is -0.464 e. The van der Waals surface area contributed by atoms with E-state index < -0.39 is 18.2 Å². The first-order valence-corrected chi connectivity index (χ1v) is 6.77. The molecule has 0 spiro atoms. The molecular formula is C11H14Br2ClFN2O2. The first-order chi connectivity index (χ1) is 8.38. The average molecular weight is 421 g/mol. The molecule has 108 valence electrons. The van der Waals surface area contributed by atoms with Gasteiger partial charge in [0.2, 0.25) is 6.17 Å². The molecular weight excluding hydrogens is 406 g/mol. The van der Waals surface area contributed by atoms with Crippen LogP contribution in [0.5, 0.6) is 0 Å². The van der Waals surface area contributed by atoms with Gasteiger partial charge in [-0.1, -0.05) is 15.9 Å². The summed E-state index contributed by atoms with van der Waals surface area (Å²) in [6.45, 7) is 1.70. The third-order valence-corrected chi connectivity index (χ3v) is 3.43. The van der Waals surface area contributed by atoms with Gasteiger partial charge in [-0.25, -0.2) is 9.18 Å². The Kier molecular flexibility index (Phi) is 7.88. The van der Waals surface area contributed by atoms with E-state index in [9.17, 15) is 9.18 Å². The smallest absolute Gasteiger partial charge is 0.342 e. The summed E-state index contributed by atoms with van der Waals surface area (Å²) in [5.74, 6) is -0.986. The number of nitrogen functional groups attached to an aromatic ring is 1. The number of esters is 1. The van der Waals surface area contributed by atoms with Crippen molar-refractivity contribution in [3.8, 4) is 0 Å². The Hall–Kier alpha value is -0.370. The second kappa shape index (κ2) is 8.04. The summed E-state index contributed by atoms with van der Waals surface area (Å²) in [5, 5.41) is 0. The lowest BCUT2D eigenvalue weighted by molar-refractivity contribution is -0.149. The number of benzene rings is 1. The molecule has 0 aromatic heterocycles. The zero-order chi connectivity index (χ0) is 13.9. The maximum atomic E-state index is 13.8. The number of ether oxygens (including phenoxy) is 1. The van der Waals surface area contributed by atoms with Crippen LogP contribution in [0.3, 0.4) is 0 Å². The van der Waals surface area contributed by atoms with E-state index >= 15 is 0 Å². The van der Waals surface area contributed by atoms with Crippen LogP contribution in [0.4, 0.5) is 10.1 Å². The summed E-state index contributed by atoms with van der Waals surface area (Å²) in [6.07, 6.45) is -1.95. The van der Waals surface area contributed by atoms with Gasteiger partial charge in [-0.3, -0.25) is 0 Å². The summed E-state index contributed by atoms with van der Waals surface area (Å²) >= 11 is 6.49. The number of anilines is 1. The highest BCUT2D eigenvalue weighted by atomic mass is 79.9. The number of hydrogen-bond acceptors (Lipinski definition) is 4. The van der Waals surface area contributed by atoms with Gasteiger partial charge < -0.3 is 16.2 Å². The topological polar surface area (TPSA) is 78.3 Å². The predicted molar refractivity (Wildman–Crippen MR) is 82.0 cm³/mol. The molecule has 8 heteroatoms. The number of hydrogen-bond donors (Lipinski definition) is 2. The van der Waals surface area contributed by atoms with Crippen molar-refractivity contribution in [2.75, 3.05) is 12.3 Å². The van der Waals surface area contributed by atoms with Crippen LogP contribution in [0, 0.1) is 0 Å². The van der Waals surface area contributed by atoms with E-state index in [1.54, 1.807) is 19.1 Å². The van der Waals surface area contributed by atoms with Crippen LogP contribution in [0.1, 0.15) is 18.5 Å². The Bertz CT molecular complexity index is 463. The van der Waals surface area contributed by atoms with Gasteiger partial charge in [-0.05, 0) is 40.5 Å². The molecule has 4 N–H and O–H groups in total. The standard InChI is InChI=1S/C11H13Br2FN2O2.ClH/c1-2-18-11(17)8(14)10(16)6-3-5(12)4-7(13)9(6)15;/h3-4,8,10H,2,15-16H2,1H3;1H/t8?,10-;/m1./s1. The lowest BCUT2D eigenvalue weighted by atomic mass is 10.0. The lowest BCUT2D eigenvalue weighted by Crippen LogP contribution is -2.32. The Morgan fingerprint density at radius 3 is 2.58 bits per heavy atom. The zero-order valence-corrected chi connectivity index (χ0v) is 14.0.